The van der Waals surface area contributed by atoms with Gasteiger partial charge in [-0.3, -0.25) is 14.5 Å². The molecule has 0 bridgehead atoms. The molecular weight excluding hydrogens is 244 g/mol. The van der Waals surface area contributed by atoms with E-state index in [1.165, 1.54) is 0 Å². The Bertz CT molecular complexity index is 322. The van der Waals surface area contributed by atoms with Crippen molar-refractivity contribution in [2.24, 2.45) is 5.73 Å². The molecule has 1 heterocycles. The molecule has 1 aliphatic rings. The Hall–Kier alpha value is -1.14. The number of nitrogens with zero attached hydrogens (tertiary/aromatic N) is 1. The van der Waals surface area contributed by atoms with Gasteiger partial charge >= 0.3 is 0 Å². The van der Waals surface area contributed by atoms with Gasteiger partial charge in [0.2, 0.25) is 11.8 Å². The second-order valence-corrected chi connectivity index (χ2v) is 5.23. The number of rotatable bonds is 6. The molecule has 6 nitrogen and oxygen atoms in total. The van der Waals surface area contributed by atoms with Crippen LogP contribution in [0.15, 0.2) is 0 Å². The molecule has 6 heteroatoms. The monoisotopic (exact) mass is 270 g/mol. The molecule has 0 saturated carbocycles. The topological polar surface area (TPSA) is 87.5 Å². The third-order valence-corrected chi connectivity index (χ3v) is 3.60. The molecular formula is C13H26N4O2. The third kappa shape index (κ3) is 4.47. The van der Waals surface area contributed by atoms with Crippen molar-refractivity contribution in [3.05, 3.63) is 0 Å². The fraction of sp³-hybridized carbons (Fsp3) is 0.846. The predicted molar refractivity (Wildman–Crippen MR) is 74.5 cm³/mol. The van der Waals surface area contributed by atoms with Crippen LogP contribution in [-0.4, -0.2) is 54.5 Å². The Morgan fingerprint density at radius 3 is 2.74 bits per heavy atom. The average molecular weight is 270 g/mol. The van der Waals surface area contributed by atoms with Gasteiger partial charge in [0.15, 0.2) is 0 Å². The summed E-state index contributed by atoms with van der Waals surface area (Å²) in [6.07, 6.45) is 1.99. The summed E-state index contributed by atoms with van der Waals surface area (Å²) in [5.74, 6) is -0.414. The normalized spacial score (nSPS) is 23.6. The van der Waals surface area contributed by atoms with Gasteiger partial charge in [-0.1, -0.05) is 13.3 Å². The van der Waals surface area contributed by atoms with Crippen molar-refractivity contribution in [2.75, 3.05) is 19.6 Å². The second kappa shape index (κ2) is 7.45. The zero-order valence-electron chi connectivity index (χ0n) is 12.1. The Morgan fingerprint density at radius 1 is 1.47 bits per heavy atom. The molecule has 1 rings (SSSR count). The molecule has 1 saturated heterocycles. The van der Waals surface area contributed by atoms with Gasteiger partial charge in [-0.2, -0.15) is 0 Å². The number of hydrogen-bond donors (Lipinski definition) is 3. The van der Waals surface area contributed by atoms with Crippen LogP contribution in [-0.2, 0) is 9.59 Å². The van der Waals surface area contributed by atoms with Crippen molar-refractivity contribution in [1.82, 2.24) is 15.5 Å². The molecule has 2 amide bonds. The maximum atomic E-state index is 12.2. The summed E-state index contributed by atoms with van der Waals surface area (Å²) in [6.45, 7) is 7.85. The summed E-state index contributed by atoms with van der Waals surface area (Å²) in [5.41, 5.74) is 5.39. The highest BCUT2D eigenvalue weighted by molar-refractivity contribution is 5.84. The number of nitrogens with one attached hydrogen (secondary N) is 2. The molecule has 0 aromatic heterocycles. The first-order valence-electron chi connectivity index (χ1n) is 7.03. The molecule has 0 aromatic rings. The van der Waals surface area contributed by atoms with Crippen molar-refractivity contribution >= 4 is 11.8 Å². The van der Waals surface area contributed by atoms with Crippen LogP contribution in [0.2, 0.25) is 0 Å². The maximum absolute atomic E-state index is 12.2. The molecule has 3 unspecified atom stereocenters. The van der Waals surface area contributed by atoms with Crippen LogP contribution in [0.3, 0.4) is 0 Å². The molecule has 0 aliphatic carbocycles. The quantitative estimate of drug-likeness (QED) is 0.604. The van der Waals surface area contributed by atoms with Crippen molar-refractivity contribution in [1.29, 1.82) is 0 Å². The number of primary amides is 1. The average Bonchev–Trinajstić information content (AvgIpc) is 2.37. The van der Waals surface area contributed by atoms with Gasteiger partial charge in [0, 0.05) is 25.7 Å². The Labute approximate surface area is 115 Å². The Kier molecular flexibility index (Phi) is 6.24. The van der Waals surface area contributed by atoms with Gasteiger partial charge in [-0.15, -0.1) is 0 Å². The fourth-order valence-corrected chi connectivity index (χ4v) is 2.47. The van der Waals surface area contributed by atoms with E-state index in [0.29, 0.717) is 13.1 Å². The number of carbonyl (C=O) groups excluding carboxylic acids is 2. The fourth-order valence-electron chi connectivity index (χ4n) is 2.47. The van der Waals surface area contributed by atoms with Crippen LogP contribution in [0.1, 0.15) is 33.6 Å². The van der Waals surface area contributed by atoms with Crippen molar-refractivity contribution in [3.8, 4) is 0 Å². The van der Waals surface area contributed by atoms with E-state index >= 15 is 0 Å². The Morgan fingerprint density at radius 2 is 2.16 bits per heavy atom. The van der Waals surface area contributed by atoms with Gasteiger partial charge in [0.1, 0.15) is 6.04 Å². The predicted octanol–water partition coefficient (Wildman–Crippen LogP) is -0.561. The molecule has 19 heavy (non-hydrogen) atoms. The minimum Gasteiger partial charge on any atom is -0.368 e. The largest absolute Gasteiger partial charge is 0.368 e. The van der Waals surface area contributed by atoms with Crippen LogP contribution in [0.4, 0.5) is 0 Å². The highest BCUT2D eigenvalue weighted by Gasteiger charge is 2.33. The molecule has 110 valence electrons. The van der Waals surface area contributed by atoms with E-state index in [-0.39, 0.29) is 23.9 Å². The van der Waals surface area contributed by atoms with E-state index in [1.807, 2.05) is 18.7 Å². The minimum absolute atomic E-state index is 0.0332. The van der Waals surface area contributed by atoms with Gasteiger partial charge in [0.25, 0.3) is 0 Å². The minimum atomic E-state index is -0.406. The lowest BCUT2D eigenvalue weighted by molar-refractivity contribution is -0.131. The number of carbonyl (C=O) groups is 2. The van der Waals surface area contributed by atoms with E-state index < -0.39 is 6.04 Å². The van der Waals surface area contributed by atoms with E-state index in [2.05, 4.69) is 17.6 Å². The van der Waals surface area contributed by atoms with Gasteiger partial charge in [0.05, 0.1) is 6.04 Å². The van der Waals surface area contributed by atoms with Crippen LogP contribution < -0.4 is 16.4 Å². The van der Waals surface area contributed by atoms with Crippen molar-refractivity contribution in [2.45, 2.75) is 51.7 Å². The highest BCUT2D eigenvalue weighted by atomic mass is 16.2. The smallest absolute Gasteiger partial charge is 0.237 e. The van der Waals surface area contributed by atoms with Gasteiger partial charge in [-0.05, 0) is 20.3 Å². The summed E-state index contributed by atoms with van der Waals surface area (Å²) in [7, 11) is 0. The summed E-state index contributed by atoms with van der Waals surface area (Å²) in [6, 6.07) is -0.579. The molecule has 1 fully saturated rings. The first-order valence-corrected chi connectivity index (χ1v) is 7.03. The lowest BCUT2D eigenvalue weighted by atomic mass is 10.1. The number of amides is 2. The SMILES string of the molecule is CCCC(C)NC(=O)C(C)N1CCNCC1C(N)=O. The molecule has 1 aliphatic heterocycles. The molecule has 0 spiro atoms. The van der Waals surface area contributed by atoms with Crippen LogP contribution in [0.5, 0.6) is 0 Å². The molecule has 3 atom stereocenters. The first-order chi connectivity index (χ1) is 8.97. The molecule has 0 aromatic carbocycles. The highest BCUT2D eigenvalue weighted by Crippen LogP contribution is 2.09. The number of hydrogen-bond acceptors (Lipinski definition) is 4. The van der Waals surface area contributed by atoms with Gasteiger partial charge in [-0.25, -0.2) is 0 Å². The van der Waals surface area contributed by atoms with Crippen LogP contribution in [0, 0.1) is 0 Å². The number of piperazine rings is 1. The standard InChI is InChI=1S/C13H26N4O2/c1-4-5-9(2)16-13(19)10(3)17-7-6-15-8-11(17)12(14)18/h9-11,15H,4-8H2,1-3H3,(H2,14,18)(H,16,19). The molecule has 0 radical (unpaired) electrons. The van der Waals surface area contributed by atoms with E-state index in [1.54, 1.807) is 0 Å². The third-order valence-electron chi connectivity index (χ3n) is 3.60. The lowest BCUT2D eigenvalue weighted by Crippen LogP contribution is -2.62. The first kappa shape index (κ1) is 15.9. The summed E-state index contributed by atoms with van der Waals surface area (Å²) in [5, 5.41) is 6.11. The number of nitrogens with two attached hydrogens (primary N) is 1. The van der Waals surface area contributed by atoms with E-state index in [9.17, 15) is 9.59 Å². The van der Waals surface area contributed by atoms with Crippen molar-refractivity contribution < 1.29 is 9.59 Å². The van der Waals surface area contributed by atoms with Crippen LogP contribution in [0.25, 0.3) is 0 Å². The molecule has 4 N–H and O–H groups in total. The van der Waals surface area contributed by atoms with Crippen molar-refractivity contribution in [3.63, 3.8) is 0 Å². The summed E-state index contributed by atoms with van der Waals surface area (Å²) < 4.78 is 0. The maximum Gasteiger partial charge on any atom is 0.237 e. The zero-order chi connectivity index (χ0) is 14.4. The Balaban J connectivity index is 2.60. The van der Waals surface area contributed by atoms with Gasteiger partial charge < -0.3 is 16.4 Å². The second-order valence-electron chi connectivity index (χ2n) is 5.23. The van der Waals surface area contributed by atoms with E-state index in [0.717, 1.165) is 19.4 Å². The van der Waals surface area contributed by atoms with Crippen LogP contribution >= 0.6 is 0 Å². The summed E-state index contributed by atoms with van der Waals surface area (Å²) in [4.78, 5) is 25.5. The lowest BCUT2D eigenvalue weighted by Gasteiger charge is -2.38. The van der Waals surface area contributed by atoms with E-state index in [4.69, 9.17) is 5.73 Å². The zero-order valence-corrected chi connectivity index (χ0v) is 12.1. The summed E-state index contributed by atoms with van der Waals surface area (Å²) >= 11 is 0.